The van der Waals surface area contributed by atoms with Gasteiger partial charge in [-0.25, -0.2) is 0 Å². The number of hydrogen-bond donors (Lipinski definition) is 1. The van der Waals surface area contributed by atoms with Gasteiger partial charge in [-0.1, -0.05) is 29.8 Å². The minimum atomic E-state index is 0.0280. The van der Waals surface area contributed by atoms with Crippen LogP contribution in [0.3, 0.4) is 0 Å². The van der Waals surface area contributed by atoms with Crippen LogP contribution in [-0.4, -0.2) is 11.9 Å². The van der Waals surface area contributed by atoms with Crippen LogP contribution in [-0.2, 0) is 0 Å². The van der Waals surface area contributed by atoms with Gasteiger partial charge in [0.05, 0.1) is 6.04 Å². The SMILES string of the molecule is CC1=CCCCC1NC(=O)c1ccccc1. The zero-order valence-corrected chi connectivity index (χ0v) is 9.57. The van der Waals surface area contributed by atoms with Gasteiger partial charge < -0.3 is 5.32 Å². The van der Waals surface area contributed by atoms with E-state index >= 15 is 0 Å². The number of carbonyl (C=O) groups is 1. The van der Waals surface area contributed by atoms with Gasteiger partial charge in [0, 0.05) is 5.56 Å². The summed E-state index contributed by atoms with van der Waals surface area (Å²) >= 11 is 0. The second-order valence-electron chi connectivity index (χ2n) is 4.27. The predicted molar refractivity (Wildman–Crippen MR) is 65.3 cm³/mol. The Kier molecular flexibility index (Phi) is 3.40. The number of nitrogens with one attached hydrogen (secondary N) is 1. The van der Waals surface area contributed by atoms with Gasteiger partial charge in [0.1, 0.15) is 0 Å². The summed E-state index contributed by atoms with van der Waals surface area (Å²) in [5.41, 5.74) is 2.02. The molecule has 0 fully saturated rings. The fraction of sp³-hybridized carbons (Fsp3) is 0.357. The Morgan fingerprint density at radius 3 is 2.75 bits per heavy atom. The largest absolute Gasteiger partial charge is 0.346 e. The highest BCUT2D eigenvalue weighted by atomic mass is 16.1. The van der Waals surface area contributed by atoms with E-state index < -0.39 is 0 Å². The van der Waals surface area contributed by atoms with Crippen LogP contribution in [0.1, 0.15) is 36.5 Å². The van der Waals surface area contributed by atoms with Crippen LogP contribution in [0, 0.1) is 0 Å². The molecule has 1 atom stereocenters. The molecule has 0 saturated carbocycles. The van der Waals surface area contributed by atoms with Gasteiger partial charge in [0.25, 0.3) is 5.91 Å². The molecular weight excluding hydrogens is 198 g/mol. The molecule has 0 saturated heterocycles. The van der Waals surface area contributed by atoms with Gasteiger partial charge in [-0.15, -0.1) is 0 Å². The van der Waals surface area contributed by atoms with Crippen LogP contribution < -0.4 is 5.32 Å². The van der Waals surface area contributed by atoms with Crippen LogP contribution in [0.4, 0.5) is 0 Å². The third-order valence-electron chi connectivity index (χ3n) is 3.05. The van der Waals surface area contributed by atoms with E-state index in [0.29, 0.717) is 0 Å². The predicted octanol–water partition coefficient (Wildman–Crippen LogP) is 2.92. The van der Waals surface area contributed by atoms with Crippen molar-refractivity contribution in [1.29, 1.82) is 0 Å². The first kappa shape index (κ1) is 10.9. The van der Waals surface area contributed by atoms with E-state index in [-0.39, 0.29) is 11.9 Å². The molecule has 0 bridgehead atoms. The van der Waals surface area contributed by atoms with Crippen molar-refractivity contribution in [2.45, 2.75) is 32.2 Å². The average molecular weight is 215 g/mol. The molecule has 0 aliphatic heterocycles. The first-order chi connectivity index (χ1) is 7.77. The minimum Gasteiger partial charge on any atom is -0.346 e. The third kappa shape index (κ3) is 2.51. The molecule has 2 rings (SSSR count). The molecule has 1 aromatic rings. The van der Waals surface area contributed by atoms with E-state index in [9.17, 15) is 4.79 Å². The summed E-state index contributed by atoms with van der Waals surface area (Å²) in [7, 11) is 0. The van der Waals surface area contributed by atoms with Crippen LogP contribution in [0.2, 0.25) is 0 Å². The standard InChI is InChI=1S/C14H17NO/c1-11-7-5-6-10-13(11)15-14(16)12-8-3-2-4-9-12/h2-4,7-9,13H,5-6,10H2,1H3,(H,15,16). The molecule has 0 aromatic heterocycles. The Hall–Kier alpha value is -1.57. The Bertz CT molecular complexity index is 394. The molecule has 1 N–H and O–H groups in total. The molecule has 0 spiro atoms. The number of amides is 1. The van der Waals surface area contributed by atoms with Crippen molar-refractivity contribution in [2.75, 3.05) is 0 Å². The van der Waals surface area contributed by atoms with E-state index in [4.69, 9.17) is 0 Å². The molecule has 0 radical (unpaired) electrons. The molecule has 0 heterocycles. The fourth-order valence-corrected chi connectivity index (χ4v) is 2.04. The molecule has 1 unspecified atom stereocenters. The highest BCUT2D eigenvalue weighted by molar-refractivity contribution is 5.94. The fourth-order valence-electron chi connectivity index (χ4n) is 2.04. The topological polar surface area (TPSA) is 29.1 Å². The van der Waals surface area contributed by atoms with Crippen molar-refractivity contribution in [3.63, 3.8) is 0 Å². The van der Waals surface area contributed by atoms with E-state index in [1.807, 2.05) is 30.3 Å². The maximum absolute atomic E-state index is 11.9. The lowest BCUT2D eigenvalue weighted by molar-refractivity contribution is 0.0940. The zero-order valence-electron chi connectivity index (χ0n) is 9.57. The summed E-state index contributed by atoms with van der Waals surface area (Å²) < 4.78 is 0. The summed E-state index contributed by atoms with van der Waals surface area (Å²) in [5, 5.41) is 3.08. The van der Waals surface area contributed by atoms with Crippen LogP contribution in [0.15, 0.2) is 42.0 Å². The van der Waals surface area contributed by atoms with Crippen LogP contribution >= 0.6 is 0 Å². The van der Waals surface area contributed by atoms with Crippen molar-refractivity contribution < 1.29 is 4.79 Å². The maximum atomic E-state index is 11.9. The molecule has 2 heteroatoms. The number of allylic oxidation sites excluding steroid dienone is 1. The number of benzene rings is 1. The molecule has 1 aliphatic rings. The van der Waals surface area contributed by atoms with Crippen molar-refractivity contribution >= 4 is 5.91 Å². The van der Waals surface area contributed by atoms with Crippen molar-refractivity contribution in [3.8, 4) is 0 Å². The lowest BCUT2D eigenvalue weighted by Gasteiger charge is -2.23. The van der Waals surface area contributed by atoms with Crippen LogP contribution in [0.25, 0.3) is 0 Å². The van der Waals surface area contributed by atoms with Crippen molar-refractivity contribution in [2.24, 2.45) is 0 Å². The Morgan fingerprint density at radius 2 is 2.06 bits per heavy atom. The summed E-state index contributed by atoms with van der Waals surface area (Å²) in [6.45, 7) is 2.09. The van der Waals surface area contributed by atoms with E-state index in [1.165, 1.54) is 5.57 Å². The van der Waals surface area contributed by atoms with Gasteiger partial charge in [0.15, 0.2) is 0 Å². The second kappa shape index (κ2) is 4.97. The number of rotatable bonds is 2. The zero-order chi connectivity index (χ0) is 11.4. The highest BCUT2D eigenvalue weighted by Crippen LogP contribution is 2.18. The van der Waals surface area contributed by atoms with Gasteiger partial charge in [-0.05, 0) is 38.3 Å². The molecule has 84 valence electrons. The van der Waals surface area contributed by atoms with Crippen LogP contribution in [0.5, 0.6) is 0 Å². The van der Waals surface area contributed by atoms with Gasteiger partial charge >= 0.3 is 0 Å². The highest BCUT2D eigenvalue weighted by Gasteiger charge is 2.17. The Morgan fingerprint density at radius 1 is 1.31 bits per heavy atom. The number of hydrogen-bond acceptors (Lipinski definition) is 1. The molecule has 2 nitrogen and oxygen atoms in total. The van der Waals surface area contributed by atoms with Crippen molar-refractivity contribution in [1.82, 2.24) is 5.32 Å². The van der Waals surface area contributed by atoms with Gasteiger partial charge in [0.2, 0.25) is 0 Å². The first-order valence-corrected chi connectivity index (χ1v) is 5.80. The van der Waals surface area contributed by atoms with Gasteiger partial charge in [-0.3, -0.25) is 4.79 Å². The van der Waals surface area contributed by atoms with Gasteiger partial charge in [-0.2, -0.15) is 0 Å². The first-order valence-electron chi connectivity index (χ1n) is 5.80. The number of carbonyl (C=O) groups excluding carboxylic acids is 1. The minimum absolute atomic E-state index is 0.0280. The summed E-state index contributed by atoms with van der Waals surface area (Å²) in [6, 6.07) is 9.61. The lowest BCUT2D eigenvalue weighted by atomic mass is 9.95. The summed E-state index contributed by atoms with van der Waals surface area (Å²) in [6.07, 6.45) is 5.58. The Balaban J connectivity index is 2.03. The molecule has 1 amide bonds. The average Bonchev–Trinajstić information content (AvgIpc) is 2.33. The second-order valence-corrected chi connectivity index (χ2v) is 4.27. The molecule has 1 aliphatic carbocycles. The molecule has 1 aromatic carbocycles. The monoisotopic (exact) mass is 215 g/mol. The molecule has 16 heavy (non-hydrogen) atoms. The normalized spacial score (nSPS) is 20.1. The lowest BCUT2D eigenvalue weighted by Crippen LogP contribution is -2.36. The maximum Gasteiger partial charge on any atom is 0.251 e. The quantitative estimate of drug-likeness (QED) is 0.755. The smallest absolute Gasteiger partial charge is 0.251 e. The summed E-state index contributed by atoms with van der Waals surface area (Å²) in [5.74, 6) is 0.0280. The molecular formula is C14H17NO. The third-order valence-corrected chi connectivity index (χ3v) is 3.05. The van der Waals surface area contributed by atoms with E-state index in [1.54, 1.807) is 0 Å². The van der Waals surface area contributed by atoms with Crippen molar-refractivity contribution in [3.05, 3.63) is 47.5 Å². The Labute approximate surface area is 96.4 Å². The summed E-state index contributed by atoms with van der Waals surface area (Å²) in [4.78, 5) is 11.9. The van der Waals surface area contributed by atoms with E-state index in [2.05, 4.69) is 18.3 Å². The van der Waals surface area contributed by atoms with E-state index in [0.717, 1.165) is 24.8 Å².